The highest BCUT2D eigenvalue weighted by molar-refractivity contribution is 9.10. The first kappa shape index (κ1) is 18.9. The van der Waals surface area contributed by atoms with Gasteiger partial charge in [0, 0.05) is 15.7 Å². The Labute approximate surface area is 156 Å². The van der Waals surface area contributed by atoms with Gasteiger partial charge >= 0.3 is 0 Å². The molecule has 1 aliphatic rings. The van der Waals surface area contributed by atoms with Gasteiger partial charge in [0.2, 0.25) is 5.91 Å². The molecule has 1 aromatic rings. The summed E-state index contributed by atoms with van der Waals surface area (Å²) in [5.41, 5.74) is 1.14. The maximum Gasteiger partial charge on any atom is 0.256 e. The van der Waals surface area contributed by atoms with Crippen LogP contribution >= 0.6 is 31.9 Å². The third-order valence-electron chi connectivity index (χ3n) is 3.37. The Kier molecular flexibility index (Phi) is 6.81. The van der Waals surface area contributed by atoms with E-state index in [1.54, 1.807) is 31.2 Å². The van der Waals surface area contributed by atoms with Gasteiger partial charge in [-0.05, 0) is 47.5 Å². The Morgan fingerprint density at radius 2 is 2.21 bits per heavy atom. The van der Waals surface area contributed by atoms with Crippen LogP contribution in [0.4, 0.5) is 8.78 Å². The van der Waals surface area contributed by atoms with Crippen LogP contribution in [0.1, 0.15) is 18.9 Å². The normalized spacial score (nSPS) is 17.4. The van der Waals surface area contributed by atoms with Crippen molar-refractivity contribution >= 4 is 43.5 Å². The van der Waals surface area contributed by atoms with Crippen LogP contribution in [0.25, 0.3) is 5.70 Å². The van der Waals surface area contributed by atoms with Crippen molar-refractivity contribution in [2.45, 2.75) is 24.6 Å². The Hall–Kier alpha value is -1.39. The minimum Gasteiger partial charge on any atom is -0.481 e. The highest BCUT2D eigenvalue weighted by Gasteiger charge is 2.31. The molecule has 0 fully saturated rings. The van der Waals surface area contributed by atoms with Gasteiger partial charge in [0.25, 0.3) is 6.43 Å². The zero-order chi connectivity index (χ0) is 17.7. The van der Waals surface area contributed by atoms with E-state index < -0.39 is 17.8 Å². The molecule has 0 spiro atoms. The summed E-state index contributed by atoms with van der Waals surface area (Å²) < 4.78 is 31.9. The topological polar surface area (TPSA) is 29.5 Å². The van der Waals surface area contributed by atoms with Crippen molar-refractivity contribution in [3.05, 3.63) is 34.3 Å². The molecule has 128 valence electrons. The molecule has 0 radical (unpaired) electrons. The summed E-state index contributed by atoms with van der Waals surface area (Å²) in [6, 6.07) is 5.20. The highest BCUT2D eigenvalue weighted by atomic mass is 79.9. The average Bonchev–Trinajstić information content (AvgIpc) is 2.53. The molecular weight excluding hydrogens is 448 g/mol. The van der Waals surface area contributed by atoms with Crippen LogP contribution in [0, 0.1) is 11.8 Å². The molecule has 1 atom stereocenters. The fraction of sp³-hybridized carbons (Fsp3) is 0.353. The molecule has 24 heavy (non-hydrogen) atoms. The highest BCUT2D eigenvalue weighted by Crippen LogP contribution is 2.35. The largest absolute Gasteiger partial charge is 0.481 e. The third-order valence-corrected chi connectivity index (χ3v) is 4.79. The van der Waals surface area contributed by atoms with Crippen molar-refractivity contribution in [1.82, 2.24) is 4.90 Å². The molecule has 1 amide bonds. The van der Waals surface area contributed by atoms with E-state index >= 15 is 0 Å². The summed E-state index contributed by atoms with van der Waals surface area (Å²) in [4.78, 5) is 12.9. The third kappa shape index (κ3) is 4.58. The number of halogens is 4. The monoisotopic (exact) mass is 461 g/mol. The standard InChI is InChI=1S/C17H15Br2F2NO2/c1-2-3-8-24-11-4-5-12(14(19)9-11)15-7-6-13(18)17(23)22(15)10-16(20)21/h4-5,7,9,13,16H,6,8,10H2,1H3. The van der Waals surface area contributed by atoms with Crippen molar-refractivity contribution in [3.63, 3.8) is 0 Å². The van der Waals surface area contributed by atoms with Crippen LogP contribution in [0.5, 0.6) is 5.75 Å². The fourth-order valence-electron chi connectivity index (χ4n) is 2.28. The van der Waals surface area contributed by atoms with Gasteiger partial charge < -0.3 is 9.64 Å². The lowest BCUT2D eigenvalue weighted by Gasteiger charge is -2.31. The van der Waals surface area contributed by atoms with Crippen molar-refractivity contribution in [2.75, 3.05) is 13.2 Å². The second kappa shape index (κ2) is 8.63. The summed E-state index contributed by atoms with van der Waals surface area (Å²) in [7, 11) is 0. The number of hydrogen-bond donors (Lipinski definition) is 0. The summed E-state index contributed by atoms with van der Waals surface area (Å²) >= 11 is 6.65. The molecule has 1 aliphatic heterocycles. The number of carbonyl (C=O) groups is 1. The summed E-state index contributed by atoms with van der Waals surface area (Å²) in [6.07, 6.45) is -0.374. The Bertz CT molecular complexity index is 710. The van der Waals surface area contributed by atoms with Gasteiger partial charge in [-0.15, -0.1) is 5.92 Å². The lowest BCUT2D eigenvalue weighted by Crippen LogP contribution is -2.41. The first-order valence-electron chi connectivity index (χ1n) is 7.20. The molecule has 1 heterocycles. The Morgan fingerprint density at radius 1 is 1.46 bits per heavy atom. The summed E-state index contributed by atoms with van der Waals surface area (Å²) in [6.45, 7) is 1.36. The maximum absolute atomic E-state index is 12.9. The number of benzene rings is 1. The minimum absolute atomic E-state index is 0.270. The zero-order valence-electron chi connectivity index (χ0n) is 12.9. The Morgan fingerprint density at radius 3 is 2.83 bits per heavy atom. The maximum atomic E-state index is 12.9. The zero-order valence-corrected chi connectivity index (χ0v) is 16.0. The second-order valence-corrected chi connectivity index (χ2v) is 6.95. The van der Waals surface area contributed by atoms with Gasteiger partial charge in [0.1, 0.15) is 12.4 Å². The first-order chi connectivity index (χ1) is 11.4. The Balaban J connectivity index is 2.30. The van der Waals surface area contributed by atoms with Crippen molar-refractivity contribution in [3.8, 4) is 17.6 Å². The van der Waals surface area contributed by atoms with Gasteiger partial charge in [0.15, 0.2) is 0 Å². The van der Waals surface area contributed by atoms with Crippen molar-refractivity contribution < 1.29 is 18.3 Å². The lowest BCUT2D eigenvalue weighted by atomic mass is 10.0. The SMILES string of the molecule is CC#CCOc1ccc(C2=CCC(Br)C(=O)N2CC(F)F)c(Br)c1. The summed E-state index contributed by atoms with van der Waals surface area (Å²) in [5.74, 6) is 5.77. The van der Waals surface area contributed by atoms with Gasteiger partial charge in [-0.2, -0.15) is 0 Å². The van der Waals surface area contributed by atoms with Gasteiger partial charge in [-0.3, -0.25) is 4.79 Å². The van der Waals surface area contributed by atoms with Crippen LogP contribution in [0.3, 0.4) is 0 Å². The van der Waals surface area contributed by atoms with Gasteiger partial charge in [-0.1, -0.05) is 27.9 Å². The second-order valence-electron chi connectivity index (χ2n) is 4.99. The minimum atomic E-state index is -2.61. The smallest absolute Gasteiger partial charge is 0.256 e. The van der Waals surface area contributed by atoms with E-state index in [0.29, 0.717) is 27.9 Å². The fourth-order valence-corrected chi connectivity index (χ4v) is 3.28. The van der Waals surface area contributed by atoms with Gasteiger partial charge in [-0.25, -0.2) is 8.78 Å². The van der Waals surface area contributed by atoms with Crippen LogP contribution < -0.4 is 4.74 Å². The van der Waals surface area contributed by atoms with E-state index in [-0.39, 0.29) is 12.5 Å². The molecule has 2 rings (SSSR count). The van der Waals surface area contributed by atoms with E-state index in [9.17, 15) is 13.6 Å². The quantitative estimate of drug-likeness (QED) is 0.477. The molecule has 0 aromatic heterocycles. The van der Waals surface area contributed by atoms with Crippen LogP contribution in [0.15, 0.2) is 28.7 Å². The predicted octanol–water partition coefficient (Wildman–Crippen LogP) is 4.45. The number of amides is 1. The van der Waals surface area contributed by atoms with Crippen LogP contribution in [-0.4, -0.2) is 35.2 Å². The van der Waals surface area contributed by atoms with Crippen LogP contribution in [-0.2, 0) is 4.79 Å². The number of hydrogen-bond acceptors (Lipinski definition) is 2. The number of alkyl halides is 3. The number of carbonyl (C=O) groups excluding carboxylic acids is 1. The van der Waals surface area contributed by atoms with E-state index in [1.807, 2.05) is 0 Å². The molecule has 0 aliphatic carbocycles. The molecule has 0 N–H and O–H groups in total. The number of ether oxygens (including phenoxy) is 1. The molecule has 0 saturated heterocycles. The molecule has 1 aromatic carbocycles. The van der Waals surface area contributed by atoms with E-state index in [0.717, 1.165) is 4.90 Å². The number of rotatable bonds is 5. The van der Waals surface area contributed by atoms with Crippen molar-refractivity contribution in [2.24, 2.45) is 0 Å². The molecule has 1 unspecified atom stereocenters. The number of nitrogens with zero attached hydrogens (tertiary/aromatic N) is 1. The number of allylic oxidation sites excluding steroid dienone is 1. The predicted molar refractivity (Wildman–Crippen MR) is 96.1 cm³/mol. The van der Waals surface area contributed by atoms with Gasteiger partial charge in [0.05, 0.1) is 11.4 Å². The molecule has 3 nitrogen and oxygen atoms in total. The lowest BCUT2D eigenvalue weighted by molar-refractivity contribution is -0.129. The molecule has 0 bridgehead atoms. The van der Waals surface area contributed by atoms with Crippen LogP contribution in [0.2, 0.25) is 0 Å². The average molecular weight is 463 g/mol. The van der Waals surface area contributed by atoms with E-state index in [4.69, 9.17) is 4.74 Å². The first-order valence-corrected chi connectivity index (χ1v) is 8.91. The van der Waals surface area contributed by atoms with E-state index in [1.165, 1.54) is 0 Å². The molecule has 7 heteroatoms. The molecular formula is C17H15Br2F2NO2. The van der Waals surface area contributed by atoms with E-state index in [2.05, 4.69) is 43.7 Å². The summed E-state index contributed by atoms with van der Waals surface area (Å²) in [5, 5.41) is 0. The van der Waals surface area contributed by atoms with Crippen molar-refractivity contribution in [1.29, 1.82) is 0 Å². The molecule has 0 saturated carbocycles.